The van der Waals surface area contributed by atoms with Gasteiger partial charge in [0.1, 0.15) is 0 Å². The molecule has 1 saturated heterocycles. The van der Waals surface area contributed by atoms with Crippen molar-refractivity contribution in [2.75, 3.05) is 6.79 Å². The third kappa shape index (κ3) is 1.13. The number of ether oxygens (including phenoxy) is 1. The second kappa shape index (κ2) is 2.10. The van der Waals surface area contributed by atoms with Crippen molar-refractivity contribution < 1.29 is 14.5 Å². The van der Waals surface area contributed by atoms with Crippen molar-refractivity contribution in [1.82, 2.24) is 0 Å². The highest BCUT2D eigenvalue weighted by Gasteiger charge is 2.33. The van der Waals surface area contributed by atoms with Crippen LogP contribution in [0.1, 0.15) is 13.8 Å². The van der Waals surface area contributed by atoms with Gasteiger partial charge in [-0.1, -0.05) is 6.58 Å². The van der Waals surface area contributed by atoms with Crippen LogP contribution in [0.3, 0.4) is 0 Å². The molecular weight excluding hydrogens is 120 g/mol. The van der Waals surface area contributed by atoms with E-state index in [1.807, 2.05) is 6.92 Å². The summed E-state index contributed by atoms with van der Waals surface area (Å²) in [6.07, 6.45) is 0. The topological polar surface area (TPSA) is 27.7 Å². The van der Waals surface area contributed by atoms with Crippen molar-refractivity contribution in [3.63, 3.8) is 0 Å². The predicted molar refractivity (Wildman–Crippen MR) is 31.3 cm³/mol. The molecule has 0 spiro atoms. The van der Waals surface area contributed by atoms with Crippen molar-refractivity contribution in [3.05, 3.63) is 12.2 Å². The zero-order valence-electron chi connectivity index (χ0n) is 5.64. The lowest BCUT2D eigenvalue weighted by Gasteiger charge is -2.17. The quantitative estimate of drug-likeness (QED) is 0.394. The molecule has 1 heterocycles. The van der Waals surface area contributed by atoms with E-state index >= 15 is 0 Å². The van der Waals surface area contributed by atoms with Crippen LogP contribution in [0.4, 0.5) is 0 Å². The number of hydrogen-bond acceptors (Lipinski definition) is 3. The molecule has 0 amide bonds. The van der Waals surface area contributed by atoms with E-state index in [0.29, 0.717) is 0 Å². The monoisotopic (exact) mass is 130 g/mol. The molecule has 9 heavy (non-hydrogen) atoms. The third-order valence-electron chi connectivity index (χ3n) is 1.38. The maximum Gasteiger partial charge on any atom is 0.222 e. The van der Waals surface area contributed by atoms with Gasteiger partial charge in [-0.05, 0) is 19.4 Å². The van der Waals surface area contributed by atoms with Crippen LogP contribution in [0.5, 0.6) is 0 Å². The van der Waals surface area contributed by atoms with E-state index in [9.17, 15) is 0 Å². The maximum absolute atomic E-state index is 5.06. The first kappa shape index (κ1) is 6.74. The second-order valence-electron chi connectivity index (χ2n) is 2.19. The van der Waals surface area contributed by atoms with E-state index in [2.05, 4.69) is 11.5 Å². The van der Waals surface area contributed by atoms with Crippen LogP contribution in [0, 0.1) is 0 Å². The van der Waals surface area contributed by atoms with Gasteiger partial charge >= 0.3 is 0 Å². The summed E-state index contributed by atoms with van der Waals surface area (Å²) in [5.74, 6) is -0.722. The highest BCUT2D eigenvalue weighted by molar-refractivity contribution is 5.02. The van der Waals surface area contributed by atoms with E-state index in [1.54, 1.807) is 6.92 Å². The van der Waals surface area contributed by atoms with Crippen LogP contribution in [-0.4, -0.2) is 12.6 Å². The Labute approximate surface area is 54.1 Å². The Kier molecular flexibility index (Phi) is 1.57. The lowest BCUT2D eigenvalue weighted by atomic mass is 10.2. The van der Waals surface area contributed by atoms with Crippen molar-refractivity contribution >= 4 is 0 Å². The Morgan fingerprint density at radius 1 is 1.67 bits per heavy atom. The fourth-order valence-electron chi connectivity index (χ4n) is 0.491. The van der Waals surface area contributed by atoms with E-state index in [-0.39, 0.29) is 6.79 Å². The Balaban J connectivity index is 2.61. The van der Waals surface area contributed by atoms with E-state index in [1.165, 1.54) is 0 Å². The summed E-state index contributed by atoms with van der Waals surface area (Å²) in [7, 11) is 0. The second-order valence-corrected chi connectivity index (χ2v) is 2.19. The van der Waals surface area contributed by atoms with Crippen LogP contribution in [-0.2, 0) is 14.5 Å². The highest BCUT2D eigenvalue weighted by Crippen LogP contribution is 2.25. The molecule has 0 aliphatic carbocycles. The summed E-state index contributed by atoms with van der Waals surface area (Å²) in [6, 6.07) is 0. The largest absolute Gasteiger partial charge is 0.314 e. The summed E-state index contributed by atoms with van der Waals surface area (Å²) in [5.41, 5.74) is 0.806. The molecule has 0 N–H and O–H groups in total. The van der Waals surface area contributed by atoms with Crippen LogP contribution < -0.4 is 0 Å². The van der Waals surface area contributed by atoms with E-state index in [0.717, 1.165) is 5.57 Å². The highest BCUT2D eigenvalue weighted by atomic mass is 17.3. The van der Waals surface area contributed by atoms with Gasteiger partial charge in [-0.2, -0.15) is 4.89 Å². The lowest BCUT2D eigenvalue weighted by molar-refractivity contribution is -0.302. The summed E-state index contributed by atoms with van der Waals surface area (Å²) in [6.45, 7) is 7.46. The molecule has 0 aromatic rings. The van der Waals surface area contributed by atoms with Gasteiger partial charge < -0.3 is 4.74 Å². The summed E-state index contributed by atoms with van der Waals surface area (Å²) < 4.78 is 5.06. The van der Waals surface area contributed by atoms with Crippen molar-refractivity contribution in [3.8, 4) is 0 Å². The van der Waals surface area contributed by atoms with Gasteiger partial charge in [-0.15, -0.1) is 0 Å². The normalized spacial score (nSPS) is 34.9. The number of hydrogen-bond donors (Lipinski definition) is 0. The molecule has 1 unspecified atom stereocenters. The lowest BCUT2D eigenvalue weighted by Crippen LogP contribution is -2.25. The molecule has 1 fully saturated rings. The van der Waals surface area contributed by atoms with Gasteiger partial charge in [0, 0.05) is 0 Å². The van der Waals surface area contributed by atoms with Gasteiger partial charge in [-0.3, -0.25) is 0 Å². The smallest absolute Gasteiger partial charge is 0.222 e. The summed E-state index contributed by atoms with van der Waals surface area (Å²) in [5, 5.41) is 0. The average Bonchev–Trinajstić information content (AvgIpc) is 2.16. The first-order valence-electron chi connectivity index (χ1n) is 2.76. The SMILES string of the molecule is C=C(C)C1(C)OCOO1. The minimum absolute atomic E-state index is 0.184. The predicted octanol–water partition coefficient (Wildman–Crippen LogP) is 1.21. The van der Waals surface area contributed by atoms with Crippen LogP contribution in [0.2, 0.25) is 0 Å². The molecule has 0 aromatic heterocycles. The van der Waals surface area contributed by atoms with E-state index in [4.69, 9.17) is 9.62 Å². The molecule has 0 bridgehead atoms. The molecule has 1 aliphatic heterocycles. The molecule has 1 rings (SSSR count). The van der Waals surface area contributed by atoms with Gasteiger partial charge in [0.2, 0.25) is 5.79 Å². The Bertz CT molecular complexity index is 124. The molecule has 1 atom stereocenters. The molecule has 0 aromatic carbocycles. The fourth-order valence-corrected chi connectivity index (χ4v) is 0.491. The molecule has 1 aliphatic rings. The molecule has 0 radical (unpaired) electrons. The Morgan fingerprint density at radius 3 is 2.56 bits per heavy atom. The Hall–Kier alpha value is -0.380. The average molecular weight is 130 g/mol. The van der Waals surface area contributed by atoms with E-state index < -0.39 is 5.79 Å². The summed E-state index contributed by atoms with van der Waals surface area (Å²) >= 11 is 0. The molecule has 52 valence electrons. The first-order valence-corrected chi connectivity index (χ1v) is 2.76. The van der Waals surface area contributed by atoms with Crippen molar-refractivity contribution in [1.29, 1.82) is 0 Å². The Morgan fingerprint density at radius 2 is 2.33 bits per heavy atom. The number of rotatable bonds is 1. The minimum Gasteiger partial charge on any atom is -0.314 e. The van der Waals surface area contributed by atoms with Crippen molar-refractivity contribution in [2.45, 2.75) is 19.6 Å². The standard InChI is InChI=1S/C6H10O3/c1-5(2)6(3)7-4-8-9-6/h1,4H2,2-3H3. The fraction of sp³-hybridized carbons (Fsp3) is 0.667. The van der Waals surface area contributed by atoms with Crippen LogP contribution in [0.25, 0.3) is 0 Å². The zero-order chi connectivity index (χ0) is 6.91. The third-order valence-corrected chi connectivity index (χ3v) is 1.38. The molecule has 3 nitrogen and oxygen atoms in total. The maximum atomic E-state index is 5.06. The van der Waals surface area contributed by atoms with Crippen LogP contribution >= 0.6 is 0 Å². The van der Waals surface area contributed by atoms with Gasteiger partial charge in [0.25, 0.3) is 0 Å². The first-order chi connectivity index (χ1) is 4.15. The minimum atomic E-state index is -0.722. The van der Waals surface area contributed by atoms with Gasteiger partial charge in [0.15, 0.2) is 6.79 Å². The van der Waals surface area contributed by atoms with Crippen molar-refractivity contribution in [2.24, 2.45) is 0 Å². The molecular formula is C6H10O3. The summed E-state index contributed by atoms with van der Waals surface area (Å²) in [4.78, 5) is 9.32. The molecule has 0 saturated carbocycles. The van der Waals surface area contributed by atoms with Gasteiger partial charge in [0.05, 0.1) is 0 Å². The molecule has 3 heteroatoms. The zero-order valence-corrected chi connectivity index (χ0v) is 5.64. The van der Waals surface area contributed by atoms with Gasteiger partial charge in [-0.25, -0.2) is 4.89 Å². The van der Waals surface area contributed by atoms with Crippen LogP contribution in [0.15, 0.2) is 12.2 Å².